The summed E-state index contributed by atoms with van der Waals surface area (Å²) in [6.45, 7) is 6.13. The molecule has 2 aromatic carbocycles. The summed E-state index contributed by atoms with van der Waals surface area (Å²) in [4.78, 5) is 12.2. The van der Waals surface area contributed by atoms with E-state index in [9.17, 15) is 13.2 Å². The summed E-state index contributed by atoms with van der Waals surface area (Å²) < 4.78 is 45.1. The second-order valence-electron chi connectivity index (χ2n) is 9.23. The van der Waals surface area contributed by atoms with Crippen molar-refractivity contribution in [3.05, 3.63) is 60.2 Å². The van der Waals surface area contributed by atoms with Crippen molar-refractivity contribution in [2.45, 2.75) is 43.9 Å². The number of sulfone groups is 1. The van der Waals surface area contributed by atoms with Crippen LogP contribution < -0.4 is 9.47 Å². The predicted molar refractivity (Wildman–Crippen MR) is 139 cm³/mol. The molecule has 0 N–H and O–H groups in total. The Morgan fingerprint density at radius 2 is 1.58 bits per heavy atom. The highest BCUT2D eigenvalue weighted by Gasteiger charge is 2.36. The van der Waals surface area contributed by atoms with Gasteiger partial charge in [0.05, 0.1) is 31.3 Å². The molecule has 0 atom stereocenters. The molecule has 0 aliphatic carbocycles. The van der Waals surface area contributed by atoms with Crippen molar-refractivity contribution >= 4 is 21.9 Å². The Hall–Kier alpha value is -2.68. The Morgan fingerprint density at radius 1 is 0.944 bits per heavy atom. The molecule has 0 unspecified atom stereocenters. The molecule has 1 heterocycles. The summed E-state index contributed by atoms with van der Waals surface area (Å²) in [7, 11) is -3.29. The molecule has 8 heteroatoms. The van der Waals surface area contributed by atoms with Crippen LogP contribution in [0.4, 0.5) is 0 Å². The minimum Gasteiger partial charge on any atom is -0.494 e. The van der Waals surface area contributed by atoms with Crippen LogP contribution >= 0.6 is 0 Å². The van der Waals surface area contributed by atoms with Crippen LogP contribution in [0.3, 0.4) is 0 Å². The highest BCUT2D eigenvalue weighted by molar-refractivity contribution is 7.90. The smallest absolute Gasteiger partial charge is 0.336 e. The zero-order valence-corrected chi connectivity index (χ0v) is 21.9. The number of rotatable bonds is 15. The molecular weight excluding hydrogens is 480 g/mol. The van der Waals surface area contributed by atoms with Crippen molar-refractivity contribution < 1.29 is 32.2 Å². The maximum absolute atomic E-state index is 12.0. The first-order chi connectivity index (χ1) is 17.3. The van der Waals surface area contributed by atoms with Gasteiger partial charge in [0.25, 0.3) is 0 Å². The molecule has 0 radical (unpaired) electrons. The number of esters is 1. The van der Waals surface area contributed by atoms with Gasteiger partial charge in [0.2, 0.25) is 0 Å². The minimum atomic E-state index is -3.29. The first-order valence-corrected chi connectivity index (χ1v) is 14.3. The van der Waals surface area contributed by atoms with E-state index in [0.717, 1.165) is 76.1 Å². The van der Waals surface area contributed by atoms with E-state index in [-0.39, 0.29) is 16.1 Å². The lowest BCUT2D eigenvalue weighted by Crippen LogP contribution is -2.45. The summed E-state index contributed by atoms with van der Waals surface area (Å²) in [5.41, 5.74) is 1.10. The van der Waals surface area contributed by atoms with Crippen LogP contribution in [0.2, 0.25) is 0 Å². The summed E-state index contributed by atoms with van der Waals surface area (Å²) >= 11 is 0. The lowest BCUT2D eigenvalue weighted by Gasteiger charge is -2.40. The van der Waals surface area contributed by atoms with Gasteiger partial charge in [-0.1, -0.05) is 25.5 Å². The van der Waals surface area contributed by atoms with Gasteiger partial charge in [-0.25, -0.2) is 13.2 Å². The van der Waals surface area contributed by atoms with Crippen LogP contribution in [0.5, 0.6) is 11.5 Å². The molecule has 1 aliphatic rings. The predicted octanol–water partition coefficient (Wildman–Crippen LogP) is 5.09. The Bertz CT molecular complexity index is 1080. The monoisotopic (exact) mass is 516 g/mol. The quantitative estimate of drug-likeness (QED) is 0.141. The molecule has 1 aliphatic heterocycles. The molecule has 1 saturated heterocycles. The zero-order chi connectivity index (χ0) is 25.9. The average Bonchev–Trinajstić information content (AvgIpc) is 2.83. The van der Waals surface area contributed by atoms with Crippen molar-refractivity contribution in [3.8, 4) is 11.5 Å². The van der Waals surface area contributed by atoms with Gasteiger partial charge < -0.3 is 18.9 Å². The largest absolute Gasteiger partial charge is 0.494 e. The van der Waals surface area contributed by atoms with E-state index in [1.54, 1.807) is 6.08 Å². The third-order valence-corrected chi connectivity index (χ3v) is 7.32. The van der Waals surface area contributed by atoms with Crippen LogP contribution in [-0.4, -0.2) is 53.7 Å². The fourth-order valence-electron chi connectivity index (χ4n) is 3.66. The molecular formula is C28H36O7S. The Morgan fingerprint density at radius 3 is 2.17 bits per heavy atom. The molecule has 0 saturated carbocycles. The number of carbonyl (C=O) groups excluding carboxylic acids is 1. The molecule has 1 fully saturated rings. The van der Waals surface area contributed by atoms with Gasteiger partial charge >= 0.3 is 5.97 Å². The van der Waals surface area contributed by atoms with E-state index < -0.39 is 15.8 Å². The number of hydrogen-bond donors (Lipinski definition) is 0. The summed E-state index contributed by atoms with van der Waals surface area (Å²) in [5, 5.41) is 0. The fraction of sp³-hybridized carbons (Fsp3) is 0.464. The van der Waals surface area contributed by atoms with Gasteiger partial charge in [0.15, 0.2) is 9.84 Å². The standard InChI is InChI=1S/C28H36O7S/c1-3-28(21-33-22-28)20-32-18-6-4-5-7-19-34-24-11-8-23(9-12-24)10-17-27(29)35-25-13-15-26(16-14-25)36(2,30)31/h8-17H,3-7,18-22H2,1-2H3. The van der Waals surface area contributed by atoms with Crippen LogP contribution in [-0.2, 0) is 24.1 Å². The zero-order valence-electron chi connectivity index (χ0n) is 21.1. The minimum absolute atomic E-state index is 0.172. The van der Waals surface area contributed by atoms with E-state index in [0.29, 0.717) is 6.61 Å². The summed E-state index contributed by atoms with van der Waals surface area (Å²) in [5.74, 6) is 0.522. The lowest BCUT2D eigenvalue weighted by atomic mass is 9.84. The second kappa shape index (κ2) is 13.6. The van der Waals surface area contributed by atoms with Crippen molar-refractivity contribution in [3.63, 3.8) is 0 Å². The fourth-order valence-corrected chi connectivity index (χ4v) is 4.29. The van der Waals surface area contributed by atoms with Crippen molar-refractivity contribution in [2.75, 3.05) is 39.3 Å². The SMILES string of the molecule is CCC1(COCCCCCCOc2ccc(C=CC(=O)Oc3ccc(S(C)(=O)=O)cc3)cc2)COC1. The topological polar surface area (TPSA) is 88.1 Å². The van der Waals surface area contributed by atoms with Gasteiger partial charge in [-0.3, -0.25) is 0 Å². The average molecular weight is 517 g/mol. The van der Waals surface area contributed by atoms with E-state index in [4.69, 9.17) is 18.9 Å². The number of hydrogen-bond acceptors (Lipinski definition) is 7. The molecule has 0 spiro atoms. The van der Waals surface area contributed by atoms with E-state index >= 15 is 0 Å². The number of carbonyl (C=O) groups is 1. The third kappa shape index (κ3) is 9.08. The first kappa shape index (κ1) is 27.9. The van der Waals surface area contributed by atoms with Gasteiger partial charge in [0.1, 0.15) is 11.5 Å². The van der Waals surface area contributed by atoms with Crippen LogP contribution in [0, 0.1) is 5.41 Å². The Balaban J connectivity index is 1.27. The van der Waals surface area contributed by atoms with Crippen LogP contribution in [0.1, 0.15) is 44.6 Å². The summed E-state index contributed by atoms with van der Waals surface area (Å²) in [6, 6.07) is 13.2. The normalized spacial score (nSPS) is 14.9. The van der Waals surface area contributed by atoms with Crippen LogP contribution in [0.15, 0.2) is 59.5 Å². The van der Waals surface area contributed by atoms with Gasteiger partial charge in [-0.2, -0.15) is 0 Å². The second-order valence-corrected chi connectivity index (χ2v) is 11.2. The third-order valence-electron chi connectivity index (χ3n) is 6.19. The van der Waals surface area contributed by atoms with Crippen molar-refractivity contribution in [1.82, 2.24) is 0 Å². The van der Waals surface area contributed by atoms with Crippen molar-refractivity contribution in [2.24, 2.45) is 5.41 Å². The van der Waals surface area contributed by atoms with Crippen molar-refractivity contribution in [1.29, 1.82) is 0 Å². The maximum atomic E-state index is 12.0. The Labute approximate surface area is 214 Å². The Kier molecular flexibility index (Phi) is 10.5. The van der Waals surface area contributed by atoms with Gasteiger partial charge in [0, 0.05) is 24.4 Å². The highest BCUT2D eigenvalue weighted by Crippen LogP contribution is 2.31. The lowest BCUT2D eigenvalue weighted by molar-refractivity contribution is -0.150. The van der Waals surface area contributed by atoms with E-state index in [1.807, 2.05) is 24.3 Å². The van der Waals surface area contributed by atoms with Gasteiger partial charge in [-0.05, 0) is 73.7 Å². The molecule has 36 heavy (non-hydrogen) atoms. The highest BCUT2D eigenvalue weighted by atomic mass is 32.2. The van der Waals surface area contributed by atoms with Gasteiger partial charge in [-0.15, -0.1) is 0 Å². The molecule has 7 nitrogen and oxygen atoms in total. The van der Waals surface area contributed by atoms with Crippen LogP contribution in [0.25, 0.3) is 6.08 Å². The molecule has 196 valence electrons. The molecule has 0 aromatic heterocycles. The molecule has 2 aromatic rings. The number of unbranched alkanes of at least 4 members (excludes halogenated alkanes) is 3. The maximum Gasteiger partial charge on any atom is 0.336 e. The van der Waals surface area contributed by atoms with E-state index in [1.165, 1.54) is 30.3 Å². The number of benzene rings is 2. The molecule has 0 amide bonds. The van der Waals surface area contributed by atoms with E-state index in [2.05, 4.69) is 6.92 Å². The first-order valence-electron chi connectivity index (χ1n) is 12.4. The number of ether oxygens (including phenoxy) is 4. The molecule has 0 bridgehead atoms. The molecule has 3 rings (SSSR count). The summed E-state index contributed by atoms with van der Waals surface area (Å²) in [6.07, 6.45) is 9.50.